The predicted molar refractivity (Wildman–Crippen MR) is 141 cm³/mol. The van der Waals surface area contributed by atoms with Crippen molar-refractivity contribution in [3.8, 4) is 0 Å². The Morgan fingerprint density at radius 2 is 1.57 bits per heavy atom. The molecule has 2 aromatic rings. The van der Waals surface area contributed by atoms with Gasteiger partial charge >= 0.3 is 5.97 Å². The molecule has 0 aliphatic rings. The molecule has 0 spiro atoms. The first kappa shape index (κ1) is 28.2. The van der Waals surface area contributed by atoms with E-state index in [1.807, 2.05) is 38.1 Å². The van der Waals surface area contributed by atoms with Crippen molar-refractivity contribution < 1.29 is 17.9 Å². The molecule has 0 heterocycles. The number of esters is 1. The summed E-state index contributed by atoms with van der Waals surface area (Å²) in [5.74, 6) is -0.0891. The van der Waals surface area contributed by atoms with E-state index in [1.54, 1.807) is 24.3 Å². The number of sulfone groups is 1. The number of carbonyl (C=O) groups is 1. The van der Waals surface area contributed by atoms with Crippen molar-refractivity contribution in [3.05, 3.63) is 61.2 Å². The van der Waals surface area contributed by atoms with Gasteiger partial charge in [0.25, 0.3) is 0 Å². The lowest BCUT2D eigenvalue weighted by Gasteiger charge is -2.19. The first-order chi connectivity index (χ1) is 16.7. The number of rotatable bonds is 15. The highest BCUT2D eigenvalue weighted by molar-refractivity contribution is 7.91. The second-order valence-corrected chi connectivity index (χ2v) is 10.7. The molecule has 8 heteroatoms. The van der Waals surface area contributed by atoms with E-state index in [1.165, 1.54) is 6.08 Å². The third-order valence-electron chi connectivity index (χ3n) is 5.77. The lowest BCUT2D eigenvalue weighted by atomic mass is 10.2. The molecule has 7 nitrogen and oxygen atoms in total. The fourth-order valence-electron chi connectivity index (χ4n) is 3.36. The Kier molecular flexibility index (Phi) is 11.6. The second kappa shape index (κ2) is 14.4. The molecule has 0 N–H and O–H groups in total. The number of unbranched alkanes of at least 4 members (excludes halogenated alkanes) is 3. The molecule has 0 saturated heterocycles. The van der Waals surface area contributed by atoms with Gasteiger partial charge in [-0.3, -0.25) is 0 Å². The van der Waals surface area contributed by atoms with Crippen LogP contribution in [0.25, 0.3) is 0 Å². The minimum atomic E-state index is -3.28. The van der Waals surface area contributed by atoms with Crippen molar-refractivity contribution in [3.63, 3.8) is 0 Å². The van der Waals surface area contributed by atoms with Crippen LogP contribution in [-0.4, -0.2) is 40.3 Å². The fourth-order valence-corrected chi connectivity index (χ4v) is 5.09. The summed E-state index contributed by atoms with van der Waals surface area (Å²) < 4.78 is 29.9. The third-order valence-corrected chi connectivity index (χ3v) is 7.77. The summed E-state index contributed by atoms with van der Waals surface area (Å²) in [7, 11) is -1.23. The first-order valence-corrected chi connectivity index (χ1v) is 13.8. The van der Waals surface area contributed by atoms with Crippen LogP contribution in [0, 0.1) is 5.92 Å². The molecule has 35 heavy (non-hydrogen) atoms. The number of benzene rings is 2. The van der Waals surface area contributed by atoms with Crippen LogP contribution < -0.4 is 4.90 Å². The highest BCUT2D eigenvalue weighted by atomic mass is 32.2. The highest BCUT2D eigenvalue weighted by Crippen LogP contribution is 2.24. The van der Waals surface area contributed by atoms with E-state index in [4.69, 9.17) is 4.74 Å². The maximum atomic E-state index is 12.5. The first-order valence-electron chi connectivity index (χ1n) is 12.1. The Bertz CT molecular complexity index is 1060. The molecule has 0 aliphatic carbocycles. The Labute approximate surface area is 209 Å². The van der Waals surface area contributed by atoms with Crippen molar-refractivity contribution in [2.45, 2.75) is 50.8 Å². The Hall–Kier alpha value is -3.00. The topological polar surface area (TPSA) is 88.4 Å². The summed E-state index contributed by atoms with van der Waals surface area (Å²) in [5.41, 5.74) is 2.43. The molecular weight excluding hydrogens is 462 g/mol. The standard InChI is InChI=1S/C27H37N3O4S/c1-5-22(3)21-35(32,33)26-17-13-24(14-18-26)29-28-23-11-15-25(16-12-23)30(4)19-9-7-8-10-20-34-27(31)6-2/h6,11-18,22H,2,5,7-10,19-21H2,1,3-4H3. The molecular formula is C27H37N3O4S. The third kappa shape index (κ3) is 10.0. The van der Waals surface area contributed by atoms with Crippen molar-refractivity contribution >= 4 is 32.9 Å². The van der Waals surface area contributed by atoms with Crippen molar-refractivity contribution in [1.82, 2.24) is 0 Å². The van der Waals surface area contributed by atoms with Crippen molar-refractivity contribution in [2.24, 2.45) is 16.1 Å². The van der Waals surface area contributed by atoms with E-state index < -0.39 is 9.84 Å². The van der Waals surface area contributed by atoms with Gasteiger partial charge in [0.05, 0.1) is 28.6 Å². The number of hydrogen-bond acceptors (Lipinski definition) is 7. The van der Waals surface area contributed by atoms with E-state index in [9.17, 15) is 13.2 Å². The van der Waals surface area contributed by atoms with Crippen molar-refractivity contribution in [1.29, 1.82) is 0 Å². The average molecular weight is 500 g/mol. The summed E-state index contributed by atoms with van der Waals surface area (Å²) in [6.07, 6.45) is 6.01. The second-order valence-electron chi connectivity index (χ2n) is 8.71. The number of nitrogens with zero attached hydrogens (tertiary/aromatic N) is 3. The number of ether oxygens (including phenoxy) is 1. The van der Waals surface area contributed by atoms with Gasteiger partial charge in [0.2, 0.25) is 0 Å². The summed E-state index contributed by atoms with van der Waals surface area (Å²) in [5, 5.41) is 8.50. The van der Waals surface area contributed by atoms with E-state index in [0.717, 1.165) is 50.0 Å². The molecule has 0 bridgehead atoms. The van der Waals surface area contributed by atoms with Gasteiger partial charge in [-0.2, -0.15) is 10.2 Å². The fraction of sp³-hybridized carbons (Fsp3) is 0.444. The summed E-state index contributed by atoms with van der Waals surface area (Å²) >= 11 is 0. The molecule has 0 aliphatic heterocycles. The van der Waals surface area contributed by atoms with E-state index >= 15 is 0 Å². The van der Waals surface area contributed by atoms with E-state index in [2.05, 4.69) is 28.8 Å². The molecule has 2 aromatic carbocycles. The minimum absolute atomic E-state index is 0.127. The predicted octanol–water partition coefficient (Wildman–Crippen LogP) is 6.65. The van der Waals surface area contributed by atoms with Gasteiger partial charge in [0.1, 0.15) is 0 Å². The van der Waals surface area contributed by atoms with Gasteiger partial charge in [-0.25, -0.2) is 13.2 Å². The van der Waals surface area contributed by atoms with Crippen LogP contribution >= 0.6 is 0 Å². The van der Waals surface area contributed by atoms with E-state index in [-0.39, 0.29) is 17.6 Å². The normalized spacial score (nSPS) is 12.4. The minimum Gasteiger partial charge on any atom is -0.463 e. The Balaban J connectivity index is 1.80. The molecule has 0 amide bonds. The highest BCUT2D eigenvalue weighted by Gasteiger charge is 2.17. The SMILES string of the molecule is C=CC(=O)OCCCCCCN(C)c1ccc(N=Nc2ccc(S(=O)(=O)CC(C)CC)cc2)cc1. The molecule has 1 unspecified atom stereocenters. The zero-order chi connectivity index (χ0) is 25.7. The summed E-state index contributed by atoms with van der Waals surface area (Å²) in [4.78, 5) is 13.5. The molecule has 190 valence electrons. The van der Waals surface area contributed by atoms with E-state index in [0.29, 0.717) is 17.2 Å². The van der Waals surface area contributed by atoms with Gasteiger partial charge in [-0.15, -0.1) is 0 Å². The van der Waals surface area contributed by atoms with Crippen LogP contribution in [0.4, 0.5) is 17.1 Å². The molecule has 1 atom stereocenters. The molecule has 0 aromatic heterocycles. The van der Waals surface area contributed by atoms with Crippen LogP contribution in [0.2, 0.25) is 0 Å². The number of carbonyl (C=O) groups excluding carboxylic acids is 1. The molecule has 0 saturated carbocycles. The van der Waals surface area contributed by atoms with Crippen LogP contribution in [0.15, 0.2) is 76.3 Å². The van der Waals surface area contributed by atoms with Crippen LogP contribution in [-0.2, 0) is 19.4 Å². The van der Waals surface area contributed by atoms with Crippen molar-refractivity contribution in [2.75, 3.05) is 30.9 Å². The van der Waals surface area contributed by atoms with Gasteiger partial charge in [0, 0.05) is 25.4 Å². The van der Waals surface area contributed by atoms with Crippen LogP contribution in [0.5, 0.6) is 0 Å². The number of azo groups is 1. The number of anilines is 1. The molecule has 2 rings (SSSR count). The quantitative estimate of drug-likeness (QED) is 0.118. The summed E-state index contributed by atoms with van der Waals surface area (Å²) in [6.45, 7) is 8.68. The lowest BCUT2D eigenvalue weighted by Crippen LogP contribution is -2.18. The van der Waals surface area contributed by atoms with Gasteiger partial charge in [0.15, 0.2) is 9.84 Å². The monoisotopic (exact) mass is 499 g/mol. The number of hydrogen-bond donors (Lipinski definition) is 0. The van der Waals surface area contributed by atoms with Gasteiger partial charge < -0.3 is 9.64 Å². The molecule has 0 radical (unpaired) electrons. The zero-order valence-electron chi connectivity index (χ0n) is 21.0. The zero-order valence-corrected chi connectivity index (χ0v) is 21.8. The average Bonchev–Trinajstić information content (AvgIpc) is 2.86. The van der Waals surface area contributed by atoms with Crippen LogP contribution in [0.3, 0.4) is 0 Å². The smallest absolute Gasteiger partial charge is 0.330 e. The maximum absolute atomic E-state index is 12.5. The van der Waals surface area contributed by atoms with Gasteiger partial charge in [-0.1, -0.05) is 33.3 Å². The van der Waals surface area contributed by atoms with Gasteiger partial charge in [-0.05, 0) is 73.7 Å². The lowest BCUT2D eigenvalue weighted by molar-refractivity contribution is -0.137. The molecule has 0 fully saturated rings. The maximum Gasteiger partial charge on any atom is 0.330 e. The van der Waals surface area contributed by atoms with Crippen LogP contribution in [0.1, 0.15) is 46.0 Å². The largest absolute Gasteiger partial charge is 0.463 e. The Morgan fingerprint density at radius 3 is 2.14 bits per heavy atom. The summed E-state index contributed by atoms with van der Waals surface area (Å²) in [6, 6.07) is 14.4. The Morgan fingerprint density at radius 1 is 1.00 bits per heavy atom.